The fourth-order valence-electron chi connectivity index (χ4n) is 1.84. The molecule has 2 rings (SSSR count). The average molecular weight is 230 g/mol. The minimum Gasteiger partial charge on any atom is -0.381 e. The van der Waals surface area contributed by atoms with Gasteiger partial charge in [-0.05, 0) is 17.7 Å². The Hall–Kier alpha value is -1.74. The number of anilines is 1. The van der Waals surface area contributed by atoms with Crippen molar-refractivity contribution in [1.29, 1.82) is 0 Å². The Morgan fingerprint density at radius 1 is 1.24 bits per heavy atom. The van der Waals surface area contributed by atoms with Crippen LogP contribution < -0.4 is 5.32 Å². The Morgan fingerprint density at radius 2 is 2.06 bits per heavy atom. The van der Waals surface area contributed by atoms with Crippen LogP contribution in [0.1, 0.15) is 11.1 Å². The Balaban J connectivity index is 2.03. The molecule has 1 aromatic heterocycles. The van der Waals surface area contributed by atoms with Crippen molar-refractivity contribution in [3.05, 3.63) is 53.9 Å². The van der Waals surface area contributed by atoms with E-state index in [1.807, 2.05) is 19.2 Å². The molecule has 0 fully saturated rings. The van der Waals surface area contributed by atoms with E-state index in [1.54, 1.807) is 7.11 Å². The van der Waals surface area contributed by atoms with Crippen molar-refractivity contribution in [3.63, 3.8) is 0 Å². The Bertz CT molecular complexity index is 477. The van der Waals surface area contributed by atoms with Gasteiger partial charge in [0.2, 0.25) is 0 Å². The molecule has 0 bridgehead atoms. The van der Waals surface area contributed by atoms with Crippen molar-refractivity contribution in [2.45, 2.75) is 13.2 Å². The van der Waals surface area contributed by atoms with E-state index in [0.29, 0.717) is 6.61 Å². The van der Waals surface area contributed by atoms with E-state index in [4.69, 9.17) is 4.74 Å². The molecule has 1 heterocycles. The Kier molecular flexibility index (Phi) is 3.83. The van der Waals surface area contributed by atoms with Crippen molar-refractivity contribution in [3.8, 4) is 0 Å². The van der Waals surface area contributed by atoms with Crippen LogP contribution >= 0.6 is 0 Å². The number of aryl methyl sites for hydroxylation is 1. The zero-order valence-corrected chi connectivity index (χ0v) is 10.3. The number of rotatable bonds is 5. The molecule has 3 nitrogen and oxygen atoms in total. The molecule has 1 aromatic carbocycles. The molecular formula is C14H18N2O. The van der Waals surface area contributed by atoms with E-state index in [-0.39, 0.29) is 0 Å². The lowest BCUT2D eigenvalue weighted by Crippen LogP contribution is -2.02. The van der Waals surface area contributed by atoms with Crippen LogP contribution in [0.25, 0.3) is 0 Å². The van der Waals surface area contributed by atoms with Crippen LogP contribution in [-0.4, -0.2) is 11.7 Å². The highest BCUT2D eigenvalue weighted by Gasteiger charge is 2.01. The smallest absolute Gasteiger partial charge is 0.0733 e. The maximum Gasteiger partial charge on any atom is 0.0733 e. The molecule has 3 heteroatoms. The first-order chi connectivity index (χ1) is 8.29. The van der Waals surface area contributed by atoms with Crippen LogP contribution in [0.4, 0.5) is 5.69 Å². The second-order valence-electron chi connectivity index (χ2n) is 4.13. The van der Waals surface area contributed by atoms with Gasteiger partial charge in [-0.25, -0.2) is 0 Å². The lowest BCUT2D eigenvalue weighted by Gasteiger charge is -2.10. The van der Waals surface area contributed by atoms with Crippen LogP contribution in [0.2, 0.25) is 0 Å². The monoisotopic (exact) mass is 230 g/mol. The van der Waals surface area contributed by atoms with Gasteiger partial charge >= 0.3 is 0 Å². The number of ether oxygens (including phenoxy) is 1. The van der Waals surface area contributed by atoms with Gasteiger partial charge in [0.25, 0.3) is 0 Å². The van der Waals surface area contributed by atoms with Gasteiger partial charge in [-0.3, -0.25) is 0 Å². The van der Waals surface area contributed by atoms with E-state index >= 15 is 0 Å². The number of nitrogens with zero attached hydrogens (tertiary/aromatic N) is 1. The predicted octanol–water partition coefficient (Wildman–Crippen LogP) is 2.78. The molecular weight excluding hydrogens is 212 g/mol. The maximum atomic E-state index is 5.18. The van der Waals surface area contributed by atoms with Crippen LogP contribution in [0.5, 0.6) is 0 Å². The molecule has 0 radical (unpaired) electrons. The van der Waals surface area contributed by atoms with Gasteiger partial charge in [0.05, 0.1) is 6.61 Å². The second-order valence-corrected chi connectivity index (χ2v) is 4.13. The summed E-state index contributed by atoms with van der Waals surface area (Å²) in [5.41, 5.74) is 3.60. The van der Waals surface area contributed by atoms with E-state index in [0.717, 1.165) is 12.2 Å². The maximum absolute atomic E-state index is 5.18. The molecule has 0 aliphatic rings. The minimum absolute atomic E-state index is 0.637. The molecule has 0 saturated heterocycles. The highest BCUT2D eigenvalue weighted by atomic mass is 16.5. The van der Waals surface area contributed by atoms with Crippen molar-refractivity contribution in [2.24, 2.45) is 7.05 Å². The largest absolute Gasteiger partial charge is 0.381 e. The summed E-state index contributed by atoms with van der Waals surface area (Å²) in [5.74, 6) is 0. The summed E-state index contributed by atoms with van der Waals surface area (Å²) in [4.78, 5) is 0. The average Bonchev–Trinajstić information content (AvgIpc) is 2.74. The number of hydrogen-bond acceptors (Lipinski definition) is 2. The summed E-state index contributed by atoms with van der Waals surface area (Å²) in [6, 6.07) is 10.3. The molecule has 0 aliphatic carbocycles. The standard InChI is InChI=1S/C14H18N2O/c1-16-8-7-12(10-16)9-15-14-6-4-3-5-13(14)11-17-2/h3-8,10,15H,9,11H2,1-2H3. The van der Waals surface area contributed by atoms with E-state index < -0.39 is 0 Å². The van der Waals surface area contributed by atoms with E-state index in [2.05, 4.69) is 40.5 Å². The van der Waals surface area contributed by atoms with Crippen molar-refractivity contribution in [2.75, 3.05) is 12.4 Å². The lowest BCUT2D eigenvalue weighted by molar-refractivity contribution is 0.185. The molecule has 0 aliphatic heterocycles. The molecule has 0 saturated carbocycles. The first-order valence-electron chi connectivity index (χ1n) is 5.71. The number of benzene rings is 1. The third-order valence-corrected chi connectivity index (χ3v) is 2.69. The molecule has 0 atom stereocenters. The minimum atomic E-state index is 0.637. The van der Waals surface area contributed by atoms with Crippen LogP contribution in [0.3, 0.4) is 0 Å². The Labute approximate surface area is 102 Å². The van der Waals surface area contributed by atoms with Crippen LogP contribution in [0, 0.1) is 0 Å². The topological polar surface area (TPSA) is 26.2 Å². The number of nitrogens with one attached hydrogen (secondary N) is 1. The summed E-state index contributed by atoms with van der Waals surface area (Å²) in [5, 5.41) is 3.43. The van der Waals surface area contributed by atoms with E-state index in [1.165, 1.54) is 11.1 Å². The number of aromatic nitrogens is 1. The van der Waals surface area contributed by atoms with Crippen molar-refractivity contribution in [1.82, 2.24) is 4.57 Å². The SMILES string of the molecule is COCc1ccccc1NCc1ccn(C)c1. The zero-order chi connectivity index (χ0) is 12.1. The molecule has 0 amide bonds. The molecule has 0 unspecified atom stereocenters. The zero-order valence-electron chi connectivity index (χ0n) is 10.3. The number of methoxy groups -OCH3 is 1. The van der Waals surface area contributed by atoms with Gasteiger partial charge in [0.1, 0.15) is 0 Å². The normalized spacial score (nSPS) is 10.5. The quantitative estimate of drug-likeness (QED) is 0.854. The molecule has 0 spiro atoms. The summed E-state index contributed by atoms with van der Waals surface area (Å²) in [7, 11) is 3.75. The first kappa shape index (κ1) is 11.7. The molecule has 90 valence electrons. The number of para-hydroxylation sites is 1. The summed E-state index contributed by atoms with van der Waals surface area (Å²) >= 11 is 0. The Morgan fingerprint density at radius 3 is 2.76 bits per heavy atom. The molecule has 17 heavy (non-hydrogen) atoms. The van der Waals surface area contributed by atoms with Crippen molar-refractivity contribution >= 4 is 5.69 Å². The highest BCUT2D eigenvalue weighted by Crippen LogP contribution is 2.16. The second kappa shape index (κ2) is 5.55. The molecule has 2 aromatic rings. The number of hydrogen-bond donors (Lipinski definition) is 1. The van der Waals surface area contributed by atoms with E-state index in [9.17, 15) is 0 Å². The van der Waals surface area contributed by atoms with Gasteiger partial charge in [-0.1, -0.05) is 18.2 Å². The van der Waals surface area contributed by atoms with Gasteiger partial charge < -0.3 is 14.6 Å². The first-order valence-corrected chi connectivity index (χ1v) is 5.71. The fraction of sp³-hybridized carbons (Fsp3) is 0.286. The van der Waals surface area contributed by atoms with Crippen molar-refractivity contribution < 1.29 is 4.74 Å². The van der Waals surface area contributed by atoms with Crippen LogP contribution in [-0.2, 0) is 24.9 Å². The summed E-state index contributed by atoms with van der Waals surface area (Å²) < 4.78 is 7.23. The predicted molar refractivity (Wildman–Crippen MR) is 69.9 cm³/mol. The van der Waals surface area contributed by atoms with Gasteiger partial charge in [-0.15, -0.1) is 0 Å². The van der Waals surface area contributed by atoms with Gasteiger partial charge in [-0.2, -0.15) is 0 Å². The van der Waals surface area contributed by atoms with Gasteiger partial charge in [0.15, 0.2) is 0 Å². The molecule has 1 N–H and O–H groups in total. The fourth-order valence-corrected chi connectivity index (χ4v) is 1.84. The highest BCUT2D eigenvalue weighted by molar-refractivity contribution is 5.51. The third-order valence-electron chi connectivity index (χ3n) is 2.69. The lowest BCUT2D eigenvalue weighted by atomic mass is 10.2. The summed E-state index contributed by atoms with van der Waals surface area (Å²) in [6.07, 6.45) is 4.17. The van der Waals surface area contributed by atoms with Gasteiger partial charge in [0, 0.05) is 44.3 Å². The van der Waals surface area contributed by atoms with Crippen LogP contribution in [0.15, 0.2) is 42.7 Å². The summed E-state index contributed by atoms with van der Waals surface area (Å²) in [6.45, 7) is 1.47. The third kappa shape index (κ3) is 3.11.